The van der Waals surface area contributed by atoms with E-state index in [2.05, 4.69) is 31.8 Å². The van der Waals surface area contributed by atoms with Crippen LogP contribution in [0.15, 0.2) is 46.0 Å². The number of ether oxygens (including phenoxy) is 1. The van der Waals surface area contributed by atoms with E-state index in [1.54, 1.807) is 19.1 Å². The fourth-order valence-corrected chi connectivity index (χ4v) is 2.61. The number of nitrogens with zero attached hydrogens (tertiary/aromatic N) is 1. The van der Waals surface area contributed by atoms with Crippen LogP contribution in [0.1, 0.15) is 25.3 Å². The molecule has 2 rings (SSSR count). The van der Waals surface area contributed by atoms with E-state index in [0.717, 1.165) is 0 Å². The number of carbonyl (C=O) groups is 2. The summed E-state index contributed by atoms with van der Waals surface area (Å²) in [6.45, 7) is 2.18. The summed E-state index contributed by atoms with van der Waals surface area (Å²) in [6, 6.07) is 8.53. The van der Waals surface area contributed by atoms with Gasteiger partial charge in [0.25, 0.3) is 0 Å². The van der Waals surface area contributed by atoms with Gasteiger partial charge >= 0.3 is 0 Å². The van der Waals surface area contributed by atoms with Crippen molar-refractivity contribution in [2.75, 3.05) is 11.9 Å². The van der Waals surface area contributed by atoms with Crippen LogP contribution in [0.4, 0.5) is 10.1 Å². The molecule has 0 aromatic heterocycles. The summed E-state index contributed by atoms with van der Waals surface area (Å²) in [6.07, 6.45) is 1.29. The first-order valence-electron chi connectivity index (χ1n) is 8.41. The van der Waals surface area contributed by atoms with Gasteiger partial charge in [-0.1, -0.05) is 0 Å². The minimum absolute atomic E-state index is 0.0183. The van der Waals surface area contributed by atoms with Crippen LogP contribution in [-0.2, 0) is 9.59 Å². The predicted molar refractivity (Wildman–Crippen MR) is 107 cm³/mol. The van der Waals surface area contributed by atoms with Crippen molar-refractivity contribution in [3.05, 3.63) is 52.3 Å². The minimum Gasteiger partial charge on any atom is -0.503 e. The van der Waals surface area contributed by atoms with E-state index in [1.165, 1.54) is 30.5 Å². The lowest BCUT2D eigenvalue weighted by Crippen LogP contribution is -2.20. The number of amides is 2. The van der Waals surface area contributed by atoms with Crippen LogP contribution in [0.2, 0.25) is 0 Å². The van der Waals surface area contributed by atoms with Crippen molar-refractivity contribution >= 4 is 39.6 Å². The maximum atomic E-state index is 12.8. The number of rotatable bonds is 8. The molecule has 0 heterocycles. The van der Waals surface area contributed by atoms with Crippen LogP contribution < -0.4 is 15.5 Å². The SMILES string of the molecule is CCOc1cc(/C=N/NC(=O)CCC(=O)Nc2ccc(F)cc2)cc(Br)c1O. The number of benzene rings is 2. The van der Waals surface area contributed by atoms with Crippen LogP contribution in [0.25, 0.3) is 0 Å². The molecule has 0 aliphatic rings. The van der Waals surface area contributed by atoms with E-state index in [9.17, 15) is 19.1 Å². The maximum absolute atomic E-state index is 12.8. The second kappa shape index (κ2) is 10.4. The molecule has 148 valence electrons. The zero-order valence-electron chi connectivity index (χ0n) is 15.0. The number of anilines is 1. The number of carbonyl (C=O) groups excluding carboxylic acids is 2. The number of phenols is 1. The molecule has 2 amide bonds. The Kier molecular flexibility index (Phi) is 7.94. The fraction of sp³-hybridized carbons (Fsp3) is 0.211. The lowest BCUT2D eigenvalue weighted by molar-refractivity contribution is -0.124. The van der Waals surface area contributed by atoms with Crippen LogP contribution in [0.5, 0.6) is 11.5 Å². The molecule has 0 fully saturated rings. The molecule has 0 radical (unpaired) electrons. The molecule has 2 aromatic rings. The average molecular weight is 452 g/mol. The van der Waals surface area contributed by atoms with Gasteiger partial charge in [-0.2, -0.15) is 5.10 Å². The Balaban J connectivity index is 1.81. The molecule has 0 saturated carbocycles. The summed E-state index contributed by atoms with van der Waals surface area (Å²) in [5, 5.41) is 16.3. The first kappa shape index (κ1) is 21.4. The van der Waals surface area contributed by atoms with Crippen molar-refractivity contribution in [3.8, 4) is 11.5 Å². The molecule has 0 aliphatic heterocycles. The van der Waals surface area contributed by atoms with E-state index in [4.69, 9.17) is 4.74 Å². The third-order valence-corrected chi connectivity index (χ3v) is 4.07. The molecule has 0 bridgehead atoms. The number of hydrogen-bond acceptors (Lipinski definition) is 5. The van der Waals surface area contributed by atoms with Crippen molar-refractivity contribution < 1.29 is 23.8 Å². The van der Waals surface area contributed by atoms with Gasteiger partial charge in [0.05, 0.1) is 17.3 Å². The molecular weight excluding hydrogens is 433 g/mol. The van der Waals surface area contributed by atoms with Gasteiger partial charge in [0.15, 0.2) is 11.5 Å². The van der Waals surface area contributed by atoms with E-state index in [-0.39, 0.29) is 24.5 Å². The molecule has 28 heavy (non-hydrogen) atoms. The molecular formula is C19H19BrFN3O4. The molecule has 0 atom stereocenters. The molecule has 0 aliphatic carbocycles. The van der Waals surface area contributed by atoms with Gasteiger partial charge in [0.1, 0.15) is 5.82 Å². The van der Waals surface area contributed by atoms with Crippen molar-refractivity contribution in [3.63, 3.8) is 0 Å². The molecule has 0 spiro atoms. The quantitative estimate of drug-likeness (QED) is 0.421. The van der Waals surface area contributed by atoms with Crippen molar-refractivity contribution in [2.24, 2.45) is 5.10 Å². The average Bonchev–Trinajstić information content (AvgIpc) is 2.66. The number of aromatic hydroxyl groups is 1. The van der Waals surface area contributed by atoms with Gasteiger partial charge in [-0.3, -0.25) is 9.59 Å². The Morgan fingerprint density at radius 3 is 2.57 bits per heavy atom. The number of phenolic OH excluding ortho intramolecular Hbond substituents is 1. The Hall–Kier alpha value is -2.94. The predicted octanol–water partition coefficient (Wildman–Crippen LogP) is 3.56. The number of hydrogen-bond donors (Lipinski definition) is 3. The monoisotopic (exact) mass is 451 g/mol. The van der Waals surface area contributed by atoms with Crippen LogP contribution in [-0.4, -0.2) is 29.7 Å². The molecule has 3 N–H and O–H groups in total. The maximum Gasteiger partial charge on any atom is 0.240 e. The molecule has 0 saturated heterocycles. The third-order valence-electron chi connectivity index (χ3n) is 3.46. The zero-order valence-corrected chi connectivity index (χ0v) is 16.6. The highest BCUT2D eigenvalue weighted by Crippen LogP contribution is 2.35. The lowest BCUT2D eigenvalue weighted by atomic mass is 10.2. The van der Waals surface area contributed by atoms with Gasteiger partial charge < -0.3 is 15.2 Å². The smallest absolute Gasteiger partial charge is 0.240 e. The summed E-state index contributed by atoms with van der Waals surface area (Å²) in [7, 11) is 0. The standard InChI is InChI=1S/C19H19BrFN3O4/c1-2-28-16-10-12(9-15(20)19(16)27)11-22-24-18(26)8-7-17(25)23-14-5-3-13(21)4-6-14/h3-6,9-11,27H,2,7-8H2,1H3,(H,23,25)(H,24,26)/b22-11+. The first-order chi connectivity index (χ1) is 13.4. The van der Waals surface area contributed by atoms with Crippen molar-refractivity contribution in [2.45, 2.75) is 19.8 Å². The van der Waals surface area contributed by atoms with Crippen molar-refractivity contribution in [1.29, 1.82) is 0 Å². The lowest BCUT2D eigenvalue weighted by Gasteiger charge is -2.08. The zero-order chi connectivity index (χ0) is 20.5. The van der Waals surface area contributed by atoms with E-state index in [0.29, 0.717) is 28.1 Å². The Morgan fingerprint density at radius 1 is 1.21 bits per heavy atom. The number of halogens is 2. The molecule has 9 heteroatoms. The van der Waals surface area contributed by atoms with Gasteiger partial charge in [-0.25, -0.2) is 9.82 Å². The fourth-order valence-electron chi connectivity index (χ4n) is 2.15. The highest BCUT2D eigenvalue weighted by molar-refractivity contribution is 9.10. The summed E-state index contributed by atoms with van der Waals surface area (Å²) >= 11 is 3.22. The molecule has 7 nitrogen and oxygen atoms in total. The van der Waals surface area contributed by atoms with E-state index >= 15 is 0 Å². The normalized spacial score (nSPS) is 10.7. The molecule has 0 unspecified atom stereocenters. The summed E-state index contributed by atoms with van der Waals surface area (Å²) in [5.41, 5.74) is 3.38. The summed E-state index contributed by atoms with van der Waals surface area (Å²) in [4.78, 5) is 23.6. The summed E-state index contributed by atoms with van der Waals surface area (Å²) in [5.74, 6) is -0.926. The van der Waals surface area contributed by atoms with Crippen LogP contribution in [0, 0.1) is 5.82 Å². The highest BCUT2D eigenvalue weighted by Gasteiger charge is 2.09. The van der Waals surface area contributed by atoms with Crippen LogP contribution >= 0.6 is 15.9 Å². The second-order valence-corrected chi connectivity index (χ2v) is 6.49. The minimum atomic E-state index is -0.437. The first-order valence-corrected chi connectivity index (χ1v) is 9.21. The van der Waals surface area contributed by atoms with Gasteiger partial charge in [0, 0.05) is 18.5 Å². The number of hydrazone groups is 1. The van der Waals surface area contributed by atoms with Crippen LogP contribution in [0.3, 0.4) is 0 Å². The third kappa shape index (κ3) is 6.66. The van der Waals surface area contributed by atoms with Crippen molar-refractivity contribution in [1.82, 2.24) is 5.43 Å². The summed E-state index contributed by atoms with van der Waals surface area (Å²) < 4.78 is 18.6. The van der Waals surface area contributed by atoms with Gasteiger partial charge in [0.2, 0.25) is 11.8 Å². The van der Waals surface area contributed by atoms with E-state index in [1.807, 2.05) is 0 Å². The second-order valence-electron chi connectivity index (χ2n) is 5.63. The van der Waals surface area contributed by atoms with Gasteiger partial charge in [-0.15, -0.1) is 0 Å². The van der Waals surface area contributed by atoms with Gasteiger partial charge in [-0.05, 0) is 64.8 Å². The van der Waals surface area contributed by atoms with E-state index < -0.39 is 11.7 Å². The molecule has 2 aromatic carbocycles. The highest BCUT2D eigenvalue weighted by atomic mass is 79.9. The Labute approximate surface area is 169 Å². The largest absolute Gasteiger partial charge is 0.503 e. The Morgan fingerprint density at radius 2 is 1.89 bits per heavy atom. The number of nitrogens with one attached hydrogen (secondary N) is 2. The Bertz CT molecular complexity index is 872. The topological polar surface area (TPSA) is 100 Å².